The number of aromatic nitrogens is 9. The highest BCUT2D eigenvalue weighted by atomic mass is 16.1. The Hall–Kier alpha value is -4.67. The summed E-state index contributed by atoms with van der Waals surface area (Å²) in [7, 11) is 3.87. The topological polar surface area (TPSA) is 112 Å². The summed E-state index contributed by atoms with van der Waals surface area (Å²) < 4.78 is 4.85. The second kappa shape index (κ2) is 7.73. The number of tetrazole rings is 1. The third-order valence-electron chi connectivity index (χ3n) is 5.77. The maximum Gasteiger partial charge on any atom is 0.263 e. The van der Waals surface area contributed by atoms with Gasteiger partial charge in [-0.3, -0.25) is 14.0 Å². The number of benzene rings is 2. The largest absolute Gasteiger partial charge is 0.355 e. The van der Waals surface area contributed by atoms with Gasteiger partial charge in [-0.1, -0.05) is 29.4 Å². The van der Waals surface area contributed by atoms with E-state index < -0.39 is 0 Å². The molecule has 0 aliphatic rings. The fourth-order valence-electron chi connectivity index (χ4n) is 4.24. The van der Waals surface area contributed by atoms with E-state index in [0.29, 0.717) is 29.0 Å². The first-order valence-electron chi connectivity index (χ1n) is 10.7. The zero-order chi connectivity index (χ0) is 23.2. The average molecular weight is 452 g/mol. The Bertz CT molecular complexity index is 1730. The molecule has 0 radical (unpaired) electrons. The molecule has 0 N–H and O–H groups in total. The predicted octanol–water partition coefficient (Wildman–Crippen LogP) is 1.80. The number of para-hydroxylation sites is 2. The van der Waals surface area contributed by atoms with E-state index in [2.05, 4.69) is 25.5 Å². The molecule has 11 heteroatoms. The highest BCUT2D eigenvalue weighted by Crippen LogP contribution is 2.24. The molecule has 6 rings (SSSR count). The summed E-state index contributed by atoms with van der Waals surface area (Å²) in [6.07, 6.45) is 3.81. The number of rotatable bonds is 5. The average Bonchev–Trinajstić information content (AvgIpc) is 3.50. The van der Waals surface area contributed by atoms with Crippen LogP contribution in [0.5, 0.6) is 0 Å². The van der Waals surface area contributed by atoms with Crippen molar-refractivity contribution in [1.29, 1.82) is 0 Å². The molecule has 0 saturated heterocycles. The van der Waals surface area contributed by atoms with Crippen molar-refractivity contribution in [3.63, 3.8) is 0 Å². The zero-order valence-electron chi connectivity index (χ0n) is 18.6. The highest BCUT2D eigenvalue weighted by molar-refractivity contribution is 5.89. The molecule has 0 amide bonds. The van der Waals surface area contributed by atoms with Gasteiger partial charge in [-0.05, 0) is 34.7 Å². The van der Waals surface area contributed by atoms with E-state index in [4.69, 9.17) is 9.97 Å². The number of anilines is 1. The second-order valence-electron chi connectivity index (χ2n) is 8.16. The summed E-state index contributed by atoms with van der Waals surface area (Å²) in [6.45, 7) is 0.759. The van der Waals surface area contributed by atoms with Gasteiger partial charge in [0, 0.05) is 37.8 Å². The summed E-state index contributed by atoms with van der Waals surface area (Å²) in [5.74, 6) is 1.61. The van der Waals surface area contributed by atoms with Crippen molar-refractivity contribution in [1.82, 2.24) is 44.4 Å². The van der Waals surface area contributed by atoms with E-state index in [1.165, 1.54) is 4.57 Å². The normalized spacial score (nSPS) is 11.6. The summed E-state index contributed by atoms with van der Waals surface area (Å²) in [4.78, 5) is 25.0. The fourth-order valence-corrected chi connectivity index (χ4v) is 4.24. The smallest absolute Gasteiger partial charge is 0.263 e. The number of nitrogens with zero attached hydrogens (tertiary/aromatic N) is 10. The summed E-state index contributed by atoms with van der Waals surface area (Å²) in [5, 5.41) is 17.7. The standard InChI is InChI=1S/C23H20N10O/c1-30(12-15-11-24-31(2)13-15)21-16-7-3-5-9-18(16)25-20(26-21)14-32-22(34)17-8-4-6-10-19(17)33-23(32)27-28-29-33/h3-11,13H,12,14H2,1-2H3. The van der Waals surface area contributed by atoms with Crippen LogP contribution >= 0.6 is 0 Å². The van der Waals surface area contributed by atoms with Gasteiger partial charge in [0.2, 0.25) is 0 Å². The fraction of sp³-hybridized carbons (Fsp3) is 0.174. The van der Waals surface area contributed by atoms with Gasteiger partial charge in [-0.25, -0.2) is 9.97 Å². The quantitative estimate of drug-likeness (QED) is 0.389. The molecule has 0 bridgehead atoms. The Balaban J connectivity index is 1.48. The monoisotopic (exact) mass is 452 g/mol. The lowest BCUT2D eigenvalue weighted by Crippen LogP contribution is -2.25. The maximum absolute atomic E-state index is 13.3. The van der Waals surface area contributed by atoms with E-state index in [1.807, 2.05) is 69.0 Å². The first-order valence-corrected chi connectivity index (χ1v) is 10.7. The molecule has 168 valence electrons. The Morgan fingerprint density at radius 3 is 2.62 bits per heavy atom. The van der Waals surface area contributed by atoms with Crippen molar-refractivity contribution >= 4 is 33.4 Å². The van der Waals surface area contributed by atoms with E-state index >= 15 is 0 Å². The van der Waals surface area contributed by atoms with E-state index in [1.54, 1.807) is 15.3 Å². The number of fused-ring (bicyclic) bond motifs is 4. The lowest BCUT2D eigenvalue weighted by atomic mass is 10.2. The molecule has 4 aromatic heterocycles. The van der Waals surface area contributed by atoms with Gasteiger partial charge in [0.05, 0.1) is 29.2 Å². The third kappa shape index (κ3) is 3.25. The van der Waals surface area contributed by atoms with E-state index in [9.17, 15) is 4.79 Å². The molecule has 0 unspecified atom stereocenters. The van der Waals surface area contributed by atoms with Crippen LogP contribution in [0.15, 0.2) is 65.7 Å². The summed E-state index contributed by atoms with van der Waals surface area (Å²) >= 11 is 0. The van der Waals surface area contributed by atoms with Gasteiger partial charge < -0.3 is 4.90 Å². The number of hydrogen-bond donors (Lipinski definition) is 0. The molecular formula is C23H20N10O. The molecule has 0 atom stereocenters. The Kier molecular flexibility index (Phi) is 4.54. The van der Waals surface area contributed by atoms with Crippen molar-refractivity contribution in [2.75, 3.05) is 11.9 Å². The first kappa shape index (κ1) is 20.0. The van der Waals surface area contributed by atoms with Crippen LogP contribution < -0.4 is 10.5 Å². The van der Waals surface area contributed by atoms with Crippen LogP contribution in [0, 0.1) is 0 Å². The van der Waals surface area contributed by atoms with Crippen LogP contribution in [0.1, 0.15) is 11.4 Å². The highest BCUT2D eigenvalue weighted by Gasteiger charge is 2.17. The zero-order valence-corrected chi connectivity index (χ0v) is 18.6. The maximum atomic E-state index is 13.3. The molecular weight excluding hydrogens is 432 g/mol. The van der Waals surface area contributed by atoms with Gasteiger partial charge in [-0.15, -0.1) is 0 Å². The van der Waals surface area contributed by atoms with E-state index in [0.717, 1.165) is 22.3 Å². The molecule has 11 nitrogen and oxygen atoms in total. The van der Waals surface area contributed by atoms with Crippen LogP contribution in [0.3, 0.4) is 0 Å². The van der Waals surface area contributed by atoms with Crippen LogP contribution in [0.2, 0.25) is 0 Å². The van der Waals surface area contributed by atoms with Gasteiger partial charge in [0.1, 0.15) is 5.82 Å². The Morgan fingerprint density at radius 1 is 1.00 bits per heavy atom. The molecule has 6 aromatic rings. The predicted molar refractivity (Wildman–Crippen MR) is 127 cm³/mol. The first-order chi connectivity index (χ1) is 16.6. The molecule has 0 saturated carbocycles. The molecule has 4 heterocycles. The molecule has 0 fully saturated rings. The van der Waals surface area contributed by atoms with Crippen molar-refractivity contribution in [3.8, 4) is 0 Å². The van der Waals surface area contributed by atoms with Crippen LogP contribution in [-0.4, -0.2) is 51.4 Å². The Labute approximate surface area is 192 Å². The van der Waals surface area contributed by atoms with Gasteiger partial charge in [-0.2, -0.15) is 9.61 Å². The number of aryl methyl sites for hydroxylation is 1. The summed E-state index contributed by atoms with van der Waals surface area (Å²) in [6, 6.07) is 15.1. The molecule has 0 spiro atoms. The van der Waals surface area contributed by atoms with Crippen LogP contribution in [0.4, 0.5) is 5.82 Å². The minimum absolute atomic E-state index is 0.131. The minimum Gasteiger partial charge on any atom is -0.355 e. The van der Waals surface area contributed by atoms with Crippen molar-refractivity contribution in [2.45, 2.75) is 13.1 Å². The van der Waals surface area contributed by atoms with Crippen LogP contribution in [0.25, 0.3) is 27.6 Å². The molecule has 34 heavy (non-hydrogen) atoms. The van der Waals surface area contributed by atoms with E-state index in [-0.39, 0.29) is 12.1 Å². The molecule has 0 aliphatic heterocycles. The van der Waals surface area contributed by atoms with Gasteiger partial charge in [0.25, 0.3) is 11.3 Å². The second-order valence-corrected chi connectivity index (χ2v) is 8.16. The van der Waals surface area contributed by atoms with Gasteiger partial charge >= 0.3 is 0 Å². The lowest BCUT2D eigenvalue weighted by Gasteiger charge is -2.20. The Morgan fingerprint density at radius 2 is 1.79 bits per heavy atom. The van der Waals surface area contributed by atoms with Crippen molar-refractivity contribution in [2.24, 2.45) is 7.05 Å². The molecule has 2 aromatic carbocycles. The van der Waals surface area contributed by atoms with Gasteiger partial charge in [0.15, 0.2) is 5.82 Å². The third-order valence-corrected chi connectivity index (χ3v) is 5.77. The van der Waals surface area contributed by atoms with Crippen molar-refractivity contribution < 1.29 is 0 Å². The minimum atomic E-state index is -0.195. The molecule has 0 aliphatic carbocycles. The SMILES string of the molecule is CN(Cc1cnn(C)c1)c1nc(Cn2c(=O)c3ccccc3n3nnnc23)nc2ccccc12. The van der Waals surface area contributed by atoms with Crippen LogP contribution in [-0.2, 0) is 20.1 Å². The number of hydrogen-bond acceptors (Lipinski definition) is 8. The summed E-state index contributed by atoms with van der Waals surface area (Å²) in [5.41, 5.74) is 2.32. The van der Waals surface area contributed by atoms with Crippen molar-refractivity contribution in [3.05, 3.63) is 82.7 Å². The lowest BCUT2D eigenvalue weighted by molar-refractivity contribution is 0.718.